The van der Waals surface area contributed by atoms with E-state index in [-0.39, 0.29) is 18.1 Å². The molecule has 122 valence electrons. The average Bonchev–Trinajstić information content (AvgIpc) is 3.04. The lowest BCUT2D eigenvalue weighted by Gasteiger charge is -2.08. The van der Waals surface area contributed by atoms with Crippen LogP contribution < -0.4 is 5.32 Å². The summed E-state index contributed by atoms with van der Waals surface area (Å²) in [6, 6.07) is 10.5. The van der Waals surface area contributed by atoms with E-state index in [1.54, 1.807) is 12.1 Å². The molecule has 1 aromatic heterocycles. The number of amides is 1. The van der Waals surface area contributed by atoms with Gasteiger partial charge in [-0.2, -0.15) is 4.68 Å². The molecule has 0 atom stereocenters. The summed E-state index contributed by atoms with van der Waals surface area (Å²) in [5.41, 5.74) is 1.65. The number of hydrogen-bond donors (Lipinski definition) is 1. The Bertz CT molecular complexity index is 894. The van der Waals surface area contributed by atoms with E-state index < -0.39 is 11.6 Å². The maximum atomic E-state index is 13.4. The summed E-state index contributed by atoms with van der Waals surface area (Å²) in [7, 11) is 0. The molecule has 8 heteroatoms. The van der Waals surface area contributed by atoms with Gasteiger partial charge < -0.3 is 5.32 Å². The lowest BCUT2D eigenvalue weighted by molar-refractivity contribution is 0.0949. The smallest absolute Gasteiger partial charge is 0.251 e. The molecule has 0 aliphatic rings. The highest BCUT2D eigenvalue weighted by Gasteiger charge is 2.13. The molecule has 1 amide bonds. The van der Waals surface area contributed by atoms with Crippen molar-refractivity contribution in [1.82, 2.24) is 25.5 Å². The second-order valence-electron chi connectivity index (χ2n) is 5.10. The Balaban J connectivity index is 1.78. The van der Waals surface area contributed by atoms with Crippen LogP contribution in [-0.4, -0.2) is 26.1 Å². The predicted molar refractivity (Wildman–Crippen MR) is 81.4 cm³/mol. The molecule has 0 bridgehead atoms. The van der Waals surface area contributed by atoms with Gasteiger partial charge in [-0.25, -0.2) is 8.78 Å². The number of rotatable bonds is 4. The van der Waals surface area contributed by atoms with E-state index >= 15 is 0 Å². The van der Waals surface area contributed by atoms with Crippen LogP contribution >= 0.6 is 0 Å². The van der Waals surface area contributed by atoms with Crippen molar-refractivity contribution in [2.45, 2.75) is 13.5 Å². The molecule has 1 heterocycles. The summed E-state index contributed by atoms with van der Waals surface area (Å²) >= 11 is 0. The molecule has 0 unspecified atom stereocenters. The Hall–Kier alpha value is -3.16. The van der Waals surface area contributed by atoms with Crippen molar-refractivity contribution in [2.24, 2.45) is 0 Å². The van der Waals surface area contributed by atoms with Gasteiger partial charge in [0.25, 0.3) is 5.91 Å². The largest absolute Gasteiger partial charge is 0.345 e. The van der Waals surface area contributed by atoms with Gasteiger partial charge in [0.1, 0.15) is 0 Å². The van der Waals surface area contributed by atoms with Crippen molar-refractivity contribution >= 4 is 5.91 Å². The monoisotopic (exact) mass is 329 g/mol. The third kappa shape index (κ3) is 3.12. The fraction of sp³-hybridized carbons (Fsp3) is 0.125. The number of carbonyl (C=O) groups excluding carboxylic acids is 1. The normalized spacial score (nSPS) is 10.6. The van der Waals surface area contributed by atoms with Gasteiger partial charge in [0, 0.05) is 11.6 Å². The molecule has 6 nitrogen and oxygen atoms in total. The highest BCUT2D eigenvalue weighted by Crippen LogP contribution is 2.13. The van der Waals surface area contributed by atoms with Gasteiger partial charge in [-0.15, -0.1) is 5.10 Å². The molecular weight excluding hydrogens is 316 g/mol. The van der Waals surface area contributed by atoms with E-state index in [0.29, 0.717) is 11.4 Å². The summed E-state index contributed by atoms with van der Waals surface area (Å²) < 4.78 is 27.6. The molecule has 24 heavy (non-hydrogen) atoms. The first-order chi connectivity index (χ1) is 11.6. The van der Waals surface area contributed by atoms with Crippen LogP contribution in [0.15, 0.2) is 42.5 Å². The number of carbonyl (C=O) groups is 1. The second-order valence-corrected chi connectivity index (χ2v) is 5.10. The van der Waals surface area contributed by atoms with Crippen LogP contribution in [0.2, 0.25) is 0 Å². The lowest BCUT2D eigenvalue weighted by Crippen LogP contribution is -2.25. The molecular formula is C16H13F2N5O. The van der Waals surface area contributed by atoms with Gasteiger partial charge in [-0.05, 0) is 41.1 Å². The van der Waals surface area contributed by atoms with Crippen molar-refractivity contribution in [3.05, 3.63) is 71.1 Å². The van der Waals surface area contributed by atoms with Crippen LogP contribution in [0.5, 0.6) is 0 Å². The number of hydrogen-bond acceptors (Lipinski definition) is 4. The van der Waals surface area contributed by atoms with Crippen LogP contribution in [-0.2, 0) is 6.54 Å². The summed E-state index contributed by atoms with van der Waals surface area (Å²) in [5, 5.41) is 13.8. The SMILES string of the molecule is Cc1ccccc1C(=O)NCc1nnnn1-c1ccc(F)c(F)c1. The molecule has 0 saturated carbocycles. The number of nitrogens with one attached hydrogen (secondary N) is 1. The molecule has 1 N–H and O–H groups in total. The number of halogens is 2. The fourth-order valence-electron chi connectivity index (χ4n) is 2.22. The third-order valence-corrected chi connectivity index (χ3v) is 3.48. The van der Waals surface area contributed by atoms with Crippen molar-refractivity contribution < 1.29 is 13.6 Å². The topological polar surface area (TPSA) is 72.7 Å². The third-order valence-electron chi connectivity index (χ3n) is 3.48. The molecule has 0 aliphatic carbocycles. The predicted octanol–water partition coefficient (Wildman–Crippen LogP) is 2.18. The highest BCUT2D eigenvalue weighted by atomic mass is 19.2. The number of nitrogens with zero attached hydrogens (tertiary/aromatic N) is 4. The molecule has 0 saturated heterocycles. The zero-order valence-electron chi connectivity index (χ0n) is 12.7. The van der Waals surface area contributed by atoms with Crippen LogP contribution in [0.1, 0.15) is 21.7 Å². The van der Waals surface area contributed by atoms with Crippen molar-refractivity contribution in [2.75, 3.05) is 0 Å². The van der Waals surface area contributed by atoms with Crippen molar-refractivity contribution in [1.29, 1.82) is 0 Å². The Morgan fingerprint density at radius 1 is 1.17 bits per heavy atom. The zero-order chi connectivity index (χ0) is 17.1. The van der Waals surface area contributed by atoms with Crippen molar-refractivity contribution in [3.8, 4) is 5.69 Å². The number of tetrazole rings is 1. The van der Waals surface area contributed by atoms with E-state index in [4.69, 9.17) is 0 Å². The Morgan fingerprint density at radius 2 is 1.96 bits per heavy atom. The highest BCUT2D eigenvalue weighted by molar-refractivity contribution is 5.95. The average molecular weight is 329 g/mol. The Labute approximate surface area is 136 Å². The van der Waals surface area contributed by atoms with Gasteiger partial charge in [0.05, 0.1) is 12.2 Å². The number of aryl methyl sites for hydroxylation is 1. The standard InChI is InChI=1S/C16H13F2N5O/c1-10-4-2-3-5-12(10)16(24)19-9-15-20-21-22-23(15)11-6-7-13(17)14(18)8-11/h2-8H,9H2,1H3,(H,19,24). The van der Waals surface area contributed by atoms with Crippen molar-refractivity contribution in [3.63, 3.8) is 0 Å². The molecule has 3 rings (SSSR count). The molecule has 0 radical (unpaired) electrons. The first kappa shape index (κ1) is 15.7. The fourth-order valence-corrected chi connectivity index (χ4v) is 2.22. The van der Waals surface area contributed by atoms with E-state index in [9.17, 15) is 13.6 Å². The quantitative estimate of drug-likeness (QED) is 0.796. The van der Waals surface area contributed by atoms with Crippen LogP contribution in [0, 0.1) is 18.6 Å². The van der Waals surface area contributed by atoms with Crippen LogP contribution in [0.4, 0.5) is 8.78 Å². The molecule has 0 aliphatic heterocycles. The summed E-state index contributed by atoms with van der Waals surface area (Å²) in [4.78, 5) is 12.2. The van der Waals surface area contributed by atoms with Gasteiger partial charge in [0.15, 0.2) is 17.5 Å². The maximum absolute atomic E-state index is 13.4. The van der Waals surface area contributed by atoms with Gasteiger partial charge in [-0.3, -0.25) is 4.79 Å². The van der Waals surface area contributed by atoms with Gasteiger partial charge in [-0.1, -0.05) is 18.2 Å². The first-order valence-corrected chi connectivity index (χ1v) is 7.13. The molecule has 0 fully saturated rings. The number of aromatic nitrogens is 4. The Kier molecular flexibility index (Phi) is 4.28. The van der Waals surface area contributed by atoms with Crippen LogP contribution in [0.3, 0.4) is 0 Å². The van der Waals surface area contributed by atoms with Crippen LogP contribution in [0.25, 0.3) is 5.69 Å². The maximum Gasteiger partial charge on any atom is 0.251 e. The summed E-state index contributed by atoms with van der Waals surface area (Å²) in [6.07, 6.45) is 0. The summed E-state index contributed by atoms with van der Waals surface area (Å²) in [5.74, 6) is -1.94. The summed E-state index contributed by atoms with van der Waals surface area (Å²) in [6.45, 7) is 1.87. The van der Waals surface area contributed by atoms with E-state index in [2.05, 4.69) is 20.8 Å². The van der Waals surface area contributed by atoms with Gasteiger partial charge in [0.2, 0.25) is 0 Å². The molecule has 3 aromatic rings. The second kappa shape index (κ2) is 6.53. The molecule has 0 spiro atoms. The van der Waals surface area contributed by atoms with E-state index in [0.717, 1.165) is 17.7 Å². The molecule has 2 aromatic carbocycles. The lowest BCUT2D eigenvalue weighted by atomic mass is 10.1. The Morgan fingerprint density at radius 3 is 2.71 bits per heavy atom. The van der Waals surface area contributed by atoms with E-state index in [1.165, 1.54) is 10.7 Å². The minimum atomic E-state index is -1.00. The first-order valence-electron chi connectivity index (χ1n) is 7.13. The minimum Gasteiger partial charge on any atom is -0.345 e. The minimum absolute atomic E-state index is 0.0408. The van der Waals surface area contributed by atoms with E-state index in [1.807, 2.05) is 19.1 Å². The zero-order valence-corrected chi connectivity index (χ0v) is 12.7. The number of benzene rings is 2. The van der Waals surface area contributed by atoms with Gasteiger partial charge >= 0.3 is 0 Å².